The molecule has 0 spiro atoms. The zero-order valence-corrected chi connectivity index (χ0v) is 13.3. The molecule has 1 aliphatic rings. The van der Waals surface area contributed by atoms with Crippen molar-refractivity contribution in [2.24, 2.45) is 0 Å². The topological polar surface area (TPSA) is 54.0 Å². The molecule has 3 rings (SSSR count). The van der Waals surface area contributed by atoms with E-state index in [1.165, 1.54) is 19.3 Å². The molecule has 23 heavy (non-hydrogen) atoms. The molecule has 2 aromatic rings. The van der Waals surface area contributed by atoms with Crippen molar-refractivity contribution in [3.8, 4) is 0 Å². The summed E-state index contributed by atoms with van der Waals surface area (Å²) in [5.74, 6) is 0.616. The Bertz CT molecular complexity index is 636. The number of amides is 1. The second-order valence-electron chi connectivity index (χ2n) is 6.05. The highest BCUT2D eigenvalue weighted by atomic mass is 16.1. The number of hydrogen-bond acceptors (Lipinski definition) is 3. The number of nitrogens with one attached hydrogen (secondary N) is 2. The Morgan fingerprint density at radius 1 is 1.04 bits per heavy atom. The number of hydrogen-bond donors (Lipinski definition) is 2. The molecule has 0 aliphatic heterocycles. The van der Waals surface area contributed by atoms with Crippen LogP contribution in [0.25, 0.3) is 0 Å². The predicted molar refractivity (Wildman–Crippen MR) is 92.3 cm³/mol. The summed E-state index contributed by atoms with van der Waals surface area (Å²) >= 11 is 0. The fourth-order valence-electron chi connectivity index (χ4n) is 3.02. The van der Waals surface area contributed by atoms with Gasteiger partial charge in [-0.15, -0.1) is 0 Å². The first kappa shape index (κ1) is 15.5. The van der Waals surface area contributed by atoms with Crippen LogP contribution in [0.3, 0.4) is 0 Å². The van der Waals surface area contributed by atoms with Gasteiger partial charge in [-0.2, -0.15) is 0 Å². The van der Waals surface area contributed by atoms with E-state index in [0.29, 0.717) is 24.0 Å². The van der Waals surface area contributed by atoms with Gasteiger partial charge >= 0.3 is 0 Å². The molecule has 0 unspecified atom stereocenters. The molecule has 120 valence electrons. The Morgan fingerprint density at radius 3 is 2.61 bits per heavy atom. The van der Waals surface area contributed by atoms with Crippen LogP contribution in [0.2, 0.25) is 0 Å². The van der Waals surface area contributed by atoms with Crippen LogP contribution in [0, 0.1) is 0 Å². The minimum absolute atomic E-state index is 0.0273. The van der Waals surface area contributed by atoms with Gasteiger partial charge in [-0.05, 0) is 30.5 Å². The fraction of sp³-hybridized carbons (Fsp3) is 0.368. The van der Waals surface area contributed by atoms with E-state index < -0.39 is 0 Å². The maximum absolute atomic E-state index is 12.6. The molecule has 1 amide bonds. The van der Waals surface area contributed by atoms with Crippen molar-refractivity contribution in [2.45, 2.75) is 44.7 Å². The lowest BCUT2D eigenvalue weighted by Gasteiger charge is -2.23. The number of pyridine rings is 1. The minimum Gasteiger partial charge on any atom is -0.365 e. The van der Waals surface area contributed by atoms with Crippen molar-refractivity contribution < 1.29 is 4.79 Å². The van der Waals surface area contributed by atoms with Crippen molar-refractivity contribution in [3.05, 3.63) is 59.8 Å². The molecule has 0 atom stereocenters. The van der Waals surface area contributed by atoms with Crippen molar-refractivity contribution in [2.75, 3.05) is 5.32 Å². The molecular weight excluding hydrogens is 286 g/mol. The summed E-state index contributed by atoms with van der Waals surface area (Å²) in [5.41, 5.74) is 1.78. The molecule has 1 aliphatic carbocycles. The Hall–Kier alpha value is -2.36. The first-order valence-electron chi connectivity index (χ1n) is 8.36. The summed E-state index contributed by atoms with van der Waals surface area (Å²) in [5, 5.41) is 6.43. The molecule has 1 aromatic carbocycles. The number of nitrogens with zero attached hydrogens (tertiary/aromatic N) is 1. The fourth-order valence-corrected chi connectivity index (χ4v) is 3.02. The van der Waals surface area contributed by atoms with Crippen LogP contribution in [-0.4, -0.2) is 16.9 Å². The molecule has 0 saturated heterocycles. The highest BCUT2D eigenvalue weighted by Gasteiger charge is 2.18. The van der Waals surface area contributed by atoms with Gasteiger partial charge in [0.25, 0.3) is 5.91 Å². The van der Waals surface area contributed by atoms with E-state index in [1.54, 1.807) is 6.20 Å². The van der Waals surface area contributed by atoms with Crippen LogP contribution in [0.15, 0.2) is 48.7 Å². The smallest absolute Gasteiger partial charge is 0.255 e. The summed E-state index contributed by atoms with van der Waals surface area (Å²) < 4.78 is 0. The SMILES string of the molecule is O=C(NC1CCCCC1)c1cccnc1NCc1ccccc1. The second-order valence-corrected chi connectivity index (χ2v) is 6.05. The van der Waals surface area contributed by atoms with Gasteiger partial charge in [0.15, 0.2) is 0 Å². The highest BCUT2D eigenvalue weighted by Crippen LogP contribution is 2.19. The maximum Gasteiger partial charge on any atom is 0.255 e. The monoisotopic (exact) mass is 309 g/mol. The van der Waals surface area contributed by atoms with E-state index in [9.17, 15) is 4.79 Å². The van der Waals surface area contributed by atoms with Crippen LogP contribution >= 0.6 is 0 Å². The third-order valence-electron chi connectivity index (χ3n) is 4.30. The van der Waals surface area contributed by atoms with Gasteiger partial charge in [-0.25, -0.2) is 4.98 Å². The van der Waals surface area contributed by atoms with Crippen molar-refractivity contribution in [1.29, 1.82) is 0 Å². The maximum atomic E-state index is 12.6. The van der Waals surface area contributed by atoms with Gasteiger partial charge < -0.3 is 10.6 Å². The molecule has 1 aromatic heterocycles. The van der Waals surface area contributed by atoms with Gasteiger partial charge in [0.2, 0.25) is 0 Å². The Kier molecular flexibility index (Phi) is 5.25. The first-order valence-corrected chi connectivity index (χ1v) is 8.36. The summed E-state index contributed by atoms with van der Waals surface area (Å²) in [6, 6.07) is 14.1. The van der Waals surface area contributed by atoms with Crippen molar-refractivity contribution >= 4 is 11.7 Å². The molecule has 0 radical (unpaired) electrons. The average Bonchev–Trinajstić information content (AvgIpc) is 2.62. The van der Waals surface area contributed by atoms with E-state index in [0.717, 1.165) is 18.4 Å². The average molecular weight is 309 g/mol. The predicted octanol–water partition coefficient (Wildman–Crippen LogP) is 3.76. The third-order valence-corrected chi connectivity index (χ3v) is 4.30. The summed E-state index contributed by atoms with van der Waals surface area (Å²) in [6.45, 7) is 0.654. The van der Waals surface area contributed by atoms with Crippen LogP contribution in [0.1, 0.15) is 48.0 Å². The Labute approximate surface area is 137 Å². The normalized spacial score (nSPS) is 15.1. The second kappa shape index (κ2) is 7.77. The molecule has 2 N–H and O–H groups in total. The van der Waals surface area contributed by atoms with Gasteiger partial charge in [-0.1, -0.05) is 49.6 Å². The zero-order valence-electron chi connectivity index (χ0n) is 13.3. The molecule has 0 bridgehead atoms. The standard InChI is InChI=1S/C19H23N3O/c23-19(22-16-10-5-2-6-11-16)17-12-7-13-20-18(17)21-14-15-8-3-1-4-9-15/h1,3-4,7-9,12-13,16H,2,5-6,10-11,14H2,(H,20,21)(H,22,23). The van der Waals surface area contributed by atoms with Gasteiger partial charge in [0.1, 0.15) is 5.82 Å². The molecular formula is C19H23N3O. The largest absolute Gasteiger partial charge is 0.365 e. The highest BCUT2D eigenvalue weighted by molar-refractivity contribution is 5.98. The summed E-state index contributed by atoms with van der Waals surface area (Å²) in [7, 11) is 0. The van der Waals surface area contributed by atoms with Crippen LogP contribution in [0.4, 0.5) is 5.82 Å². The van der Waals surface area contributed by atoms with Crippen molar-refractivity contribution in [3.63, 3.8) is 0 Å². The Morgan fingerprint density at radius 2 is 1.83 bits per heavy atom. The minimum atomic E-state index is -0.0273. The van der Waals surface area contributed by atoms with Gasteiger partial charge in [0, 0.05) is 18.8 Å². The number of benzene rings is 1. The van der Waals surface area contributed by atoms with Crippen LogP contribution in [0.5, 0.6) is 0 Å². The van der Waals surface area contributed by atoms with E-state index in [4.69, 9.17) is 0 Å². The molecule has 1 fully saturated rings. The number of carbonyl (C=O) groups is 1. The van der Waals surface area contributed by atoms with E-state index in [1.807, 2.05) is 30.3 Å². The molecule has 1 heterocycles. The number of anilines is 1. The van der Waals surface area contributed by atoms with Crippen LogP contribution in [-0.2, 0) is 6.54 Å². The lowest BCUT2D eigenvalue weighted by atomic mass is 9.95. The lowest BCUT2D eigenvalue weighted by Crippen LogP contribution is -2.36. The van der Waals surface area contributed by atoms with E-state index >= 15 is 0 Å². The summed E-state index contributed by atoms with van der Waals surface area (Å²) in [4.78, 5) is 16.9. The quantitative estimate of drug-likeness (QED) is 0.884. The number of carbonyl (C=O) groups excluding carboxylic acids is 1. The van der Waals surface area contributed by atoms with Crippen LogP contribution < -0.4 is 10.6 Å². The lowest BCUT2D eigenvalue weighted by molar-refractivity contribution is 0.0928. The third kappa shape index (κ3) is 4.31. The van der Waals surface area contributed by atoms with Gasteiger partial charge in [0.05, 0.1) is 5.56 Å². The zero-order chi connectivity index (χ0) is 15.9. The number of aromatic nitrogens is 1. The summed E-state index contributed by atoms with van der Waals surface area (Å²) in [6.07, 6.45) is 7.57. The van der Waals surface area contributed by atoms with Gasteiger partial charge in [-0.3, -0.25) is 4.79 Å². The van der Waals surface area contributed by atoms with E-state index in [2.05, 4.69) is 27.8 Å². The molecule has 4 nitrogen and oxygen atoms in total. The molecule has 1 saturated carbocycles. The van der Waals surface area contributed by atoms with E-state index in [-0.39, 0.29) is 5.91 Å². The first-order chi connectivity index (χ1) is 11.3. The van der Waals surface area contributed by atoms with Crippen molar-refractivity contribution in [1.82, 2.24) is 10.3 Å². The Balaban J connectivity index is 1.65. The number of rotatable bonds is 5. The molecule has 4 heteroatoms.